The Hall–Kier alpha value is -1.64. The zero-order valence-corrected chi connectivity index (χ0v) is 15.7. The second kappa shape index (κ2) is 8.46. The summed E-state index contributed by atoms with van der Waals surface area (Å²) < 4.78 is 0. The Balaban J connectivity index is 2.04. The maximum absolute atomic E-state index is 10.7. The molecule has 0 spiro atoms. The summed E-state index contributed by atoms with van der Waals surface area (Å²) in [6, 6.07) is 15.3. The number of aryl methyl sites for hydroxylation is 3. The van der Waals surface area contributed by atoms with E-state index in [4.69, 9.17) is 0 Å². The Bertz CT molecular complexity index is 625. The summed E-state index contributed by atoms with van der Waals surface area (Å²) in [5.74, 6) is 0. The molecule has 0 aliphatic heterocycles. The topological polar surface area (TPSA) is 23.5 Å². The predicted octanol–water partition coefficient (Wildman–Crippen LogP) is 4.95. The van der Waals surface area contributed by atoms with Crippen LogP contribution in [0.25, 0.3) is 0 Å². The molecule has 2 heteroatoms. The molecule has 0 fully saturated rings. The van der Waals surface area contributed by atoms with Gasteiger partial charge in [0.2, 0.25) is 0 Å². The zero-order chi connectivity index (χ0) is 17.7. The second-order valence-corrected chi connectivity index (χ2v) is 7.17. The average Bonchev–Trinajstić information content (AvgIpc) is 2.51. The van der Waals surface area contributed by atoms with Crippen LogP contribution in [0, 0.1) is 20.8 Å². The molecule has 0 heterocycles. The van der Waals surface area contributed by atoms with Gasteiger partial charge < -0.3 is 5.11 Å². The summed E-state index contributed by atoms with van der Waals surface area (Å²) in [4.78, 5) is 2.43. The molecule has 0 bridgehead atoms. The van der Waals surface area contributed by atoms with Crippen LogP contribution in [0.2, 0.25) is 0 Å². The van der Waals surface area contributed by atoms with Crippen LogP contribution in [-0.2, 0) is 6.54 Å². The van der Waals surface area contributed by atoms with Gasteiger partial charge in [0.15, 0.2) is 0 Å². The van der Waals surface area contributed by atoms with Gasteiger partial charge in [-0.2, -0.15) is 0 Å². The van der Waals surface area contributed by atoms with E-state index in [2.05, 4.69) is 82.0 Å². The van der Waals surface area contributed by atoms with Crippen LogP contribution < -0.4 is 0 Å². The van der Waals surface area contributed by atoms with Crippen LogP contribution in [0.5, 0.6) is 0 Å². The summed E-state index contributed by atoms with van der Waals surface area (Å²) >= 11 is 0. The number of hydrogen-bond acceptors (Lipinski definition) is 2. The van der Waals surface area contributed by atoms with Crippen LogP contribution in [0.3, 0.4) is 0 Å². The number of aliphatic hydroxyl groups excluding tert-OH is 1. The highest BCUT2D eigenvalue weighted by Gasteiger charge is 2.17. The third-order valence-electron chi connectivity index (χ3n) is 4.72. The molecule has 0 radical (unpaired) electrons. The van der Waals surface area contributed by atoms with E-state index in [1.165, 1.54) is 22.3 Å². The van der Waals surface area contributed by atoms with Crippen LogP contribution >= 0.6 is 0 Å². The van der Waals surface area contributed by atoms with E-state index in [0.717, 1.165) is 25.1 Å². The normalized spacial score (nSPS) is 12.8. The van der Waals surface area contributed by atoms with Crippen LogP contribution in [0.1, 0.15) is 54.2 Å². The van der Waals surface area contributed by atoms with Crippen molar-refractivity contribution in [3.63, 3.8) is 0 Å². The van der Waals surface area contributed by atoms with Gasteiger partial charge >= 0.3 is 0 Å². The van der Waals surface area contributed by atoms with Crippen molar-refractivity contribution in [3.05, 3.63) is 70.3 Å². The minimum atomic E-state index is -0.400. The van der Waals surface area contributed by atoms with E-state index in [1.807, 2.05) is 0 Å². The van der Waals surface area contributed by atoms with Gasteiger partial charge in [0.05, 0.1) is 6.10 Å². The fraction of sp³-hybridized carbons (Fsp3) is 0.455. The summed E-state index contributed by atoms with van der Waals surface area (Å²) in [5.41, 5.74) is 6.07. The molecule has 0 aliphatic rings. The molecule has 1 unspecified atom stereocenters. The van der Waals surface area contributed by atoms with Gasteiger partial charge in [-0.25, -0.2) is 0 Å². The summed E-state index contributed by atoms with van der Waals surface area (Å²) in [7, 11) is 0. The zero-order valence-electron chi connectivity index (χ0n) is 15.7. The van der Waals surface area contributed by atoms with Gasteiger partial charge in [-0.3, -0.25) is 4.90 Å². The molecule has 2 aromatic rings. The Morgan fingerprint density at radius 3 is 2.08 bits per heavy atom. The molecule has 2 nitrogen and oxygen atoms in total. The standard InChI is InChI=1S/C22H31NO/c1-16(2)23(15-20-9-7-6-8-10-20)12-11-21(24)22-18(4)13-17(3)14-19(22)5/h6-10,13-14,16,21,24H,11-12,15H2,1-5H3. The van der Waals surface area contributed by atoms with Crippen LogP contribution in [0.4, 0.5) is 0 Å². The molecule has 1 atom stereocenters. The van der Waals surface area contributed by atoms with Crippen molar-refractivity contribution in [1.29, 1.82) is 0 Å². The lowest BCUT2D eigenvalue weighted by molar-refractivity contribution is 0.126. The van der Waals surface area contributed by atoms with Crippen molar-refractivity contribution >= 4 is 0 Å². The van der Waals surface area contributed by atoms with E-state index in [9.17, 15) is 5.11 Å². The molecule has 0 saturated heterocycles. The number of nitrogens with zero attached hydrogens (tertiary/aromatic N) is 1. The minimum absolute atomic E-state index is 0.400. The summed E-state index contributed by atoms with van der Waals surface area (Å²) in [5, 5.41) is 10.7. The molecule has 0 aliphatic carbocycles. The Morgan fingerprint density at radius 1 is 0.958 bits per heavy atom. The van der Waals surface area contributed by atoms with Crippen LogP contribution in [-0.4, -0.2) is 22.6 Å². The first-order valence-electron chi connectivity index (χ1n) is 8.92. The van der Waals surface area contributed by atoms with Crippen molar-refractivity contribution in [2.24, 2.45) is 0 Å². The maximum Gasteiger partial charge on any atom is 0.0807 e. The lowest BCUT2D eigenvalue weighted by Crippen LogP contribution is -2.32. The van der Waals surface area contributed by atoms with E-state index < -0.39 is 6.10 Å². The lowest BCUT2D eigenvalue weighted by Gasteiger charge is -2.28. The largest absolute Gasteiger partial charge is 0.388 e. The molecule has 0 aromatic heterocycles. The van der Waals surface area contributed by atoms with E-state index >= 15 is 0 Å². The molecule has 130 valence electrons. The van der Waals surface area contributed by atoms with Gasteiger partial charge in [-0.1, -0.05) is 48.0 Å². The van der Waals surface area contributed by atoms with E-state index in [1.54, 1.807) is 0 Å². The molecule has 1 N–H and O–H groups in total. The fourth-order valence-corrected chi connectivity index (χ4v) is 3.49. The van der Waals surface area contributed by atoms with Crippen LogP contribution in [0.15, 0.2) is 42.5 Å². The van der Waals surface area contributed by atoms with Crippen molar-refractivity contribution in [2.75, 3.05) is 6.54 Å². The maximum atomic E-state index is 10.7. The Kier molecular flexibility index (Phi) is 6.59. The SMILES string of the molecule is Cc1cc(C)c(C(O)CCN(Cc2ccccc2)C(C)C)c(C)c1. The molecule has 24 heavy (non-hydrogen) atoms. The predicted molar refractivity (Wildman–Crippen MR) is 102 cm³/mol. The smallest absolute Gasteiger partial charge is 0.0807 e. The van der Waals surface area contributed by atoms with Gasteiger partial charge in [-0.15, -0.1) is 0 Å². The van der Waals surface area contributed by atoms with E-state index in [-0.39, 0.29) is 0 Å². The first-order valence-corrected chi connectivity index (χ1v) is 8.92. The van der Waals surface area contributed by atoms with Crippen molar-refractivity contribution < 1.29 is 5.11 Å². The molecule has 0 amide bonds. The number of aliphatic hydroxyl groups is 1. The minimum Gasteiger partial charge on any atom is -0.388 e. The number of rotatable bonds is 7. The average molecular weight is 325 g/mol. The van der Waals surface area contributed by atoms with Crippen molar-refractivity contribution in [3.8, 4) is 0 Å². The first-order chi connectivity index (χ1) is 11.4. The number of hydrogen-bond donors (Lipinski definition) is 1. The molecule has 0 saturated carbocycles. The second-order valence-electron chi connectivity index (χ2n) is 7.17. The summed E-state index contributed by atoms with van der Waals surface area (Å²) in [6.45, 7) is 12.6. The quantitative estimate of drug-likeness (QED) is 0.779. The molecule has 2 rings (SSSR count). The van der Waals surface area contributed by atoms with Gasteiger partial charge in [0.1, 0.15) is 0 Å². The highest BCUT2D eigenvalue weighted by atomic mass is 16.3. The Labute approximate surface area is 147 Å². The highest BCUT2D eigenvalue weighted by Crippen LogP contribution is 2.26. The Morgan fingerprint density at radius 2 is 1.54 bits per heavy atom. The van der Waals surface area contributed by atoms with Crippen molar-refractivity contribution in [2.45, 2.75) is 59.7 Å². The van der Waals surface area contributed by atoms with Gasteiger partial charge in [-0.05, 0) is 63.3 Å². The molecular weight excluding hydrogens is 294 g/mol. The van der Waals surface area contributed by atoms with Gasteiger partial charge in [0.25, 0.3) is 0 Å². The molecular formula is C22H31NO. The van der Waals surface area contributed by atoms with E-state index in [0.29, 0.717) is 6.04 Å². The van der Waals surface area contributed by atoms with Crippen molar-refractivity contribution in [1.82, 2.24) is 4.90 Å². The third kappa shape index (κ3) is 4.93. The van der Waals surface area contributed by atoms with Gasteiger partial charge in [0, 0.05) is 19.1 Å². The lowest BCUT2D eigenvalue weighted by atomic mass is 9.94. The molecule has 2 aromatic carbocycles. The fourth-order valence-electron chi connectivity index (χ4n) is 3.49. The highest BCUT2D eigenvalue weighted by molar-refractivity contribution is 5.38. The third-order valence-corrected chi connectivity index (χ3v) is 4.72. The monoisotopic (exact) mass is 325 g/mol. The summed E-state index contributed by atoms with van der Waals surface area (Å²) in [6.07, 6.45) is 0.359. The first kappa shape index (κ1) is 18.7. The number of benzene rings is 2.